The molecule has 0 aliphatic carbocycles. The van der Waals surface area contributed by atoms with Crippen molar-refractivity contribution in [1.82, 2.24) is 0 Å². The minimum Gasteiger partial charge on any atom is -0.496 e. The molecule has 0 aliphatic heterocycles. The summed E-state index contributed by atoms with van der Waals surface area (Å²) in [6.45, 7) is 1.89. The first-order chi connectivity index (χ1) is 11.5. The van der Waals surface area contributed by atoms with E-state index >= 15 is 0 Å². The zero-order chi connectivity index (χ0) is 17.7. The summed E-state index contributed by atoms with van der Waals surface area (Å²) in [5.41, 5.74) is 2.01. The van der Waals surface area contributed by atoms with Crippen LogP contribution in [0, 0.1) is 6.92 Å². The van der Waals surface area contributed by atoms with Gasteiger partial charge in [-0.3, -0.25) is 4.79 Å². The van der Waals surface area contributed by atoms with Crippen molar-refractivity contribution in [2.24, 2.45) is 0 Å². The molecule has 2 aromatic rings. The summed E-state index contributed by atoms with van der Waals surface area (Å²) in [7, 11) is 4.69. The van der Waals surface area contributed by atoms with Crippen LogP contribution in [0.1, 0.15) is 15.9 Å². The van der Waals surface area contributed by atoms with Gasteiger partial charge in [-0.05, 0) is 43.0 Å². The number of nitrogens with one attached hydrogen (secondary N) is 1. The maximum absolute atomic E-state index is 12.6. The predicted octanol–water partition coefficient (Wildman–Crippen LogP) is 4.00. The largest absolute Gasteiger partial charge is 0.496 e. The zero-order valence-electron chi connectivity index (χ0n) is 14.4. The van der Waals surface area contributed by atoms with Gasteiger partial charge in [0, 0.05) is 16.6 Å². The molecule has 0 saturated heterocycles. The third kappa shape index (κ3) is 3.76. The van der Waals surface area contributed by atoms with E-state index in [1.165, 1.54) is 0 Å². The average molecular weight is 347 g/mol. The fraction of sp³-hybridized carbons (Fsp3) is 0.278. The van der Waals surface area contributed by atoms with Crippen LogP contribution in [0.25, 0.3) is 0 Å². The SMILES string of the molecule is COc1cc(C)c(NC(=O)c2ccc(SC)cc2OC)cc1OC. The molecule has 0 heterocycles. The Labute approximate surface area is 146 Å². The number of amides is 1. The number of anilines is 1. The second-order valence-corrected chi connectivity index (χ2v) is 5.92. The lowest BCUT2D eigenvalue weighted by Gasteiger charge is -2.15. The lowest BCUT2D eigenvalue weighted by atomic mass is 10.1. The summed E-state index contributed by atoms with van der Waals surface area (Å²) >= 11 is 1.59. The third-order valence-electron chi connectivity index (χ3n) is 3.63. The van der Waals surface area contributed by atoms with Gasteiger partial charge in [0.1, 0.15) is 5.75 Å². The molecule has 2 rings (SSSR count). The first-order valence-corrected chi connectivity index (χ1v) is 8.52. The van der Waals surface area contributed by atoms with E-state index < -0.39 is 0 Å². The minimum atomic E-state index is -0.241. The molecule has 1 N–H and O–H groups in total. The summed E-state index contributed by atoms with van der Waals surface area (Å²) in [6.07, 6.45) is 1.97. The second kappa shape index (κ2) is 7.97. The molecule has 0 aliphatic rings. The Balaban J connectivity index is 2.33. The van der Waals surface area contributed by atoms with Crippen molar-refractivity contribution in [3.8, 4) is 17.2 Å². The smallest absolute Gasteiger partial charge is 0.259 e. The number of thioether (sulfide) groups is 1. The fourth-order valence-corrected chi connectivity index (χ4v) is 2.72. The Morgan fingerprint density at radius 3 is 2.17 bits per heavy atom. The summed E-state index contributed by atoms with van der Waals surface area (Å²) < 4.78 is 15.9. The Morgan fingerprint density at radius 2 is 1.58 bits per heavy atom. The van der Waals surface area contributed by atoms with Gasteiger partial charge < -0.3 is 19.5 Å². The molecule has 0 fully saturated rings. The van der Waals surface area contributed by atoms with Crippen LogP contribution in [-0.4, -0.2) is 33.5 Å². The molecule has 0 saturated carbocycles. The quantitative estimate of drug-likeness (QED) is 0.801. The van der Waals surface area contributed by atoms with Crippen molar-refractivity contribution in [3.63, 3.8) is 0 Å². The number of carbonyl (C=O) groups is 1. The summed E-state index contributed by atoms with van der Waals surface area (Å²) in [6, 6.07) is 9.07. The lowest BCUT2D eigenvalue weighted by Crippen LogP contribution is -2.14. The first-order valence-electron chi connectivity index (χ1n) is 7.30. The maximum atomic E-state index is 12.6. The van der Waals surface area contributed by atoms with Gasteiger partial charge in [-0.2, -0.15) is 0 Å². The number of aryl methyl sites for hydroxylation is 1. The molecule has 24 heavy (non-hydrogen) atoms. The summed E-state index contributed by atoms with van der Waals surface area (Å²) in [5.74, 6) is 1.48. The van der Waals surface area contributed by atoms with Crippen molar-refractivity contribution in [2.45, 2.75) is 11.8 Å². The van der Waals surface area contributed by atoms with Crippen molar-refractivity contribution in [1.29, 1.82) is 0 Å². The molecule has 0 radical (unpaired) electrons. The highest BCUT2D eigenvalue weighted by Crippen LogP contribution is 2.33. The number of methoxy groups -OCH3 is 3. The van der Waals surface area contributed by atoms with Crippen LogP contribution in [0.5, 0.6) is 17.2 Å². The van der Waals surface area contributed by atoms with Crippen molar-refractivity contribution < 1.29 is 19.0 Å². The standard InChI is InChI=1S/C18H21NO4S/c1-11-8-16(22-3)17(23-4)10-14(11)19-18(20)13-7-6-12(24-5)9-15(13)21-2/h6-10H,1-5H3,(H,19,20). The Morgan fingerprint density at radius 1 is 0.958 bits per heavy atom. The Bertz CT molecular complexity index is 746. The lowest BCUT2D eigenvalue weighted by molar-refractivity contribution is 0.102. The number of carbonyl (C=O) groups excluding carboxylic acids is 1. The van der Waals surface area contributed by atoms with Gasteiger partial charge in [-0.15, -0.1) is 11.8 Å². The van der Waals surface area contributed by atoms with Crippen molar-refractivity contribution in [2.75, 3.05) is 32.9 Å². The van der Waals surface area contributed by atoms with Gasteiger partial charge in [0.05, 0.1) is 26.9 Å². The molecule has 2 aromatic carbocycles. The number of benzene rings is 2. The molecule has 6 heteroatoms. The van der Waals surface area contributed by atoms with Gasteiger partial charge in [0.2, 0.25) is 0 Å². The summed E-state index contributed by atoms with van der Waals surface area (Å²) in [5, 5.41) is 2.90. The van der Waals surface area contributed by atoms with Gasteiger partial charge >= 0.3 is 0 Å². The van der Waals surface area contributed by atoms with Crippen molar-refractivity contribution >= 4 is 23.4 Å². The normalized spacial score (nSPS) is 10.2. The number of rotatable bonds is 6. The molecule has 5 nitrogen and oxygen atoms in total. The minimum absolute atomic E-state index is 0.241. The van der Waals surface area contributed by atoms with E-state index in [1.54, 1.807) is 45.2 Å². The molecular weight excluding hydrogens is 326 g/mol. The highest BCUT2D eigenvalue weighted by Gasteiger charge is 2.16. The Hall–Kier alpha value is -2.34. The molecule has 0 spiro atoms. The van der Waals surface area contributed by atoms with Crippen LogP contribution in [0.15, 0.2) is 35.2 Å². The highest BCUT2D eigenvalue weighted by molar-refractivity contribution is 7.98. The summed E-state index contributed by atoms with van der Waals surface area (Å²) in [4.78, 5) is 13.7. The van der Waals surface area contributed by atoms with E-state index in [1.807, 2.05) is 31.4 Å². The van der Waals surface area contributed by atoms with Gasteiger partial charge in [-0.1, -0.05) is 0 Å². The fourth-order valence-electron chi connectivity index (χ4n) is 2.29. The molecule has 128 valence electrons. The van der Waals surface area contributed by atoms with Crippen LogP contribution >= 0.6 is 11.8 Å². The zero-order valence-corrected chi connectivity index (χ0v) is 15.2. The van der Waals surface area contributed by atoms with Gasteiger partial charge in [0.15, 0.2) is 11.5 Å². The molecule has 0 bridgehead atoms. The van der Waals surface area contributed by atoms with E-state index in [0.717, 1.165) is 10.5 Å². The van der Waals surface area contributed by atoms with E-state index in [2.05, 4.69) is 5.32 Å². The van der Waals surface area contributed by atoms with Crippen LogP contribution in [0.3, 0.4) is 0 Å². The van der Waals surface area contributed by atoms with Crippen LogP contribution in [0.2, 0.25) is 0 Å². The number of hydrogen-bond donors (Lipinski definition) is 1. The van der Waals surface area contributed by atoms with Gasteiger partial charge in [-0.25, -0.2) is 0 Å². The Kier molecular flexibility index (Phi) is 5.98. The van der Waals surface area contributed by atoms with Crippen molar-refractivity contribution in [3.05, 3.63) is 41.5 Å². The average Bonchev–Trinajstić information content (AvgIpc) is 2.62. The second-order valence-electron chi connectivity index (χ2n) is 5.04. The third-order valence-corrected chi connectivity index (χ3v) is 4.36. The highest BCUT2D eigenvalue weighted by atomic mass is 32.2. The van der Waals surface area contributed by atoms with E-state index in [9.17, 15) is 4.79 Å². The number of hydrogen-bond acceptors (Lipinski definition) is 5. The monoisotopic (exact) mass is 347 g/mol. The number of ether oxygens (including phenoxy) is 3. The van der Waals surface area contributed by atoms with Crippen LogP contribution in [-0.2, 0) is 0 Å². The molecule has 0 unspecified atom stereocenters. The van der Waals surface area contributed by atoms with Crippen LogP contribution in [0.4, 0.5) is 5.69 Å². The van der Waals surface area contributed by atoms with Gasteiger partial charge in [0.25, 0.3) is 5.91 Å². The predicted molar refractivity (Wildman–Crippen MR) is 97.0 cm³/mol. The molecular formula is C18H21NO4S. The van der Waals surface area contributed by atoms with E-state index in [-0.39, 0.29) is 5.91 Å². The molecule has 0 aromatic heterocycles. The topological polar surface area (TPSA) is 56.8 Å². The van der Waals surface area contributed by atoms with Crippen LogP contribution < -0.4 is 19.5 Å². The van der Waals surface area contributed by atoms with E-state index in [4.69, 9.17) is 14.2 Å². The maximum Gasteiger partial charge on any atom is 0.259 e. The molecule has 0 atom stereocenters. The van der Waals surface area contributed by atoms with E-state index in [0.29, 0.717) is 28.5 Å². The first kappa shape index (κ1) is 18.0. The molecule has 1 amide bonds.